The van der Waals surface area contributed by atoms with Gasteiger partial charge in [0, 0.05) is 10.9 Å². The zero-order valence-electron chi connectivity index (χ0n) is 8.62. The van der Waals surface area contributed by atoms with Crippen molar-refractivity contribution in [2.24, 2.45) is 5.73 Å². The average molecular weight is 335 g/mol. The van der Waals surface area contributed by atoms with Crippen LogP contribution in [0.25, 0.3) is 0 Å². The van der Waals surface area contributed by atoms with Gasteiger partial charge < -0.3 is 10.8 Å². The predicted molar refractivity (Wildman–Crippen MR) is 65.0 cm³/mol. The summed E-state index contributed by atoms with van der Waals surface area (Å²) in [5, 5.41) is 9.55. The SMILES string of the molecule is Cl.N[C@H](C[C@@H](O)c1ccc(Br)cc1)C(F)(F)F. The second-order valence-electron chi connectivity index (χ2n) is 3.45. The van der Waals surface area contributed by atoms with Crippen LogP contribution in [0.3, 0.4) is 0 Å². The Morgan fingerprint density at radius 3 is 2.12 bits per heavy atom. The first-order valence-electron chi connectivity index (χ1n) is 4.56. The number of aliphatic hydroxyl groups is 1. The van der Waals surface area contributed by atoms with Gasteiger partial charge in [-0.25, -0.2) is 0 Å². The molecule has 17 heavy (non-hydrogen) atoms. The topological polar surface area (TPSA) is 46.2 Å². The first-order chi connectivity index (χ1) is 7.30. The van der Waals surface area contributed by atoms with E-state index in [2.05, 4.69) is 15.9 Å². The van der Waals surface area contributed by atoms with Gasteiger partial charge in [-0.3, -0.25) is 0 Å². The Hall–Kier alpha value is -0.300. The lowest BCUT2D eigenvalue weighted by atomic mass is 10.0. The van der Waals surface area contributed by atoms with Gasteiger partial charge in [0.15, 0.2) is 0 Å². The summed E-state index contributed by atoms with van der Waals surface area (Å²) in [5.41, 5.74) is 5.34. The van der Waals surface area contributed by atoms with Gasteiger partial charge in [-0.15, -0.1) is 12.4 Å². The van der Waals surface area contributed by atoms with Gasteiger partial charge in [0.25, 0.3) is 0 Å². The van der Waals surface area contributed by atoms with E-state index in [1.54, 1.807) is 24.3 Å². The highest BCUT2D eigenvalue weighted by Crippen LogP contribution is 2.27. The second kappa shape index (κ2) is 6.58. The lowest BCUT2D eigenvalue weighted by Crippen LogP contribution is -2.38. The molecule has 0 saturated heterocycles. The molecule has 3 N–H and O–H groups in total. The Kier molecular flexibility index (Phi) is 6.47. The van der Waals surface area contributed by atoms with Crippen LogP contribution in [-0.4, -0.2) is 17.3 Å². The Bertz CT molecular complexity index is 344. The molecular formula is C10H12BrClF3NO. The van der Waals surface area contributed by atoms with Crippen LogP contribution in [0.1, 0.15) is 18.1 Å². The van der Waals surface area contributed by atoms with Gasteiger partial charge in [0.2, 0.25) is 0 Å². The molecule has 0 aliphatic carbocycles. The molecule has 0 spiro atoms. The molecule has 0 aromatic heterocycles. The zero-order chi connectivity index (χ0) is 12.3. The minimum absolute atomic E-state index is 0. The molecule has 2 atom stereocenters. The maximum Gasteiger partial charge on any atom is 0.403 e. The Labute approximate surface area is 112 Å². The van der Waals surface area contributed by atoms with E-state index in [0.717, 1.165) is 4.47 Å². The average Bonchev–Trinajstić information content (AvgIpc) is 2.17. The van der Waals surface area contributed by atoms with Crippen LogP contribution >= 0.6 is 28.3 Å². The minimum atomic E-state index is -4.48. The van der Waals surface area contributed by atoms with E-state index >= 15 is 0 Å². The van der Waals surface area contributed by atoms with E-state index in [1.807, 2.05) is 0 Å². The summed E-state index contributed by atoms with van der Waals surface area (Å²) in [7, 11) is 0. The molecule has 0 bridgehead atoms. The standard InChI is InChI=1S/C10H11BrF3NO.ClH/c11-7-3-1-6(2-4-7)8(16)5-9(15)10(12,13)14;/h1-4,8-9,16H,5,15H2;1H/t8-,9-;/m1./s1. The monoisotopic (exact) mass is 333 g/mol. The third-order valence-electron chi connectivity index (χ3n) is 2.15. The molecule has 1 aromatic carbocycles. The number of rotatable bonds is 3. The largest absolute Gasteiger partial charge is 0.403 e. The smallest absolute Gasteiger partial charge is 0.388 e. The molecule has 0 aliphatic rings. The number of benzene rings is 1. The predicted octanol–water partition coefficient (Wildman–Crippen LogP) is 3.18. The highest BCUT2D eigenvalue weighted by atomic mass is 79.9. The van der Waals surface area contributed by atoms with Crippen molar-refractivity contribution < 1.29 is 18.3 Å². The van der Waals surface area contributed by atoms with Crippen LogP contribution in [0, 0.1) is 0 Å². The van der Waals surface area contributed by atoms with Gasteiger partial charge in [0.1, 0.15) is 6.04 Å². The lowest BCUT2D eigenvalue weighted by Gasteiger charge is -2.19. The van der Waals surface area contributed by atoms with Crippen LogP contribution in [0.5, 0.6) is 0 Å². The summed E-state index contributed by atoms with van der Waals surface area (Å²) in [4.78, 5) is 0. The number of alkyl halides is 3. The fourth-order valence-corrected chi connectivity index (χ4v) is 1.46. The molecule has 2 nitrogen and oxygen atoms in total. The third-order valence-corrected chi connectivity index (χ3v) is 2.68. The van der Waals surface area contributed by atoms with E-state index in [-0.39, 0.29) is 12.4 Å². The first kappa shape index (κ1) is 16.7. The normalized spacial score (nSPS) is 14.9. The van der Waals surface area contributed by atoms with E-state index in [1.165, 1.54) is 0 Å². The molecular weight excluding hydrogens is 322 g/mol. The molecule has 0 unspecified atom stereocenters. The molecule has 0 aliphatic heterocycles. The Balaban J connectivity index is 0.00000256. The molecule has 1 aromatic rings. The van der Waals surface area contributed by atoms with Crippen LogP contribution < -0.4 is 5.73 Å². The molecule has 0 radical (unpaired) electrons. The Morgan fingerprint density at radius 2 is 1.71 bits per heavy atom. The van der Waals surface area contributed by atoms with Crippen molar-refractivity contribution in [1.29, 1.82) is 0 Å². The van der Waals surface area contributed by atoms with Gasteiger partial charge in [-0.2, -0.15) is 13.2 Å². The van der Waals surface area contributed by atoms with Crippen molar-refractivity contribution in [1.82, 2.24) is 0 Å². The van der Waals surface area contributed by atoms with Gasteiger partial charge in [-0.1, -0.05) is 28.1 Å². The van der Waals surface area contributed by atoms with Crippen molar-refractivity contribution in [3.8, 4) is 0 Å². The van der Waals surface area contributed by atoms with Crippen LogP contribution in [0.4, 0.5) is 13.2 Å². The maximum atomic E-state index is 12.1. The number of aliphatic hydroxyl groups excluding tert-OH is 1. The van der Waals surface area contributed by atoms with Crippen LogP contribution in [0.2, 0.25) is 0 Å². The van der Waals surface area contributed by atoms with Crippen molar-refractivity contribution in [3.05, 3.63) is 34.3 Å². The summed E-state index contributed by atoms with van der Waals surface area (Å²) in [6.07, 6.45) is -6.22. The Morgan fingerprint density at radius 1 is 1.24 bits per heavy atom. The van der Waals surface area contributed by atoms with E-state index < -0.39 is 24.7 Å². The molecule has 1 rings (SSSR count). The second-order valence-corrected chi connectivity index (χ2v) is 4.37. The summed E-state index contributed by atoms with van der Waals surface area (Å²) < 4.78 is 37.2. The summed E-state index contributed by atoms with van der Waals surface area (Å²) in [6, 6.07) is 4.40. The summed E-state index contributed by atoms with van der Waals surface area (Å²) >= 11 is 3.19. The molecule has 0 heterocycles. The van der Waals surface area contributed by atoms with Crippen LogP contribution in [-0.2, 0) is 0 Å². The highest BCUT2D eigenvalue weighted by molar-refractivity contribution is 9.10. The van der Waals surface area contributed by atoms with Crippen molar-refractivity contribution in [3.63, 3.8) is 0 Å². The first-order valence-corrected chi connectivity index (χ1v) is 5.36. The number of halogens is 5. The molecule has 7 heteroatoms. The molecule has 0 saturated carbocycles. The number of hydrogen-bond donors (Lipinski definition) is 2. The van der Waals surface area contributed by atoms with Crippen molar-refractivity contribution >= 4 is 28.3 Å². The third kappa shape index (κ3) is 5.25. The maximum absolute atomic E-state index is 12.1. The minimum Gasteiger partial charge on any atom is -0.388 e. The lowest BCUT2D eigenvalue weighted by molar-refractivity contribution is -0.153. The van der Waals surface area contributed by atoms with Crippen molar-refractivity contribution in [2.45, 2.75) is 24.7 Å². The van der Waals surface area contributed by atoms with Crippen LogP contribution in [0.15, 0.2) is 28.7 Å². The summed E-state index contributed by atoms with van der Waals surface area (Å²) in [5.74, 6) is 0. The van der Waals surface area contributed by atoms with Gasteiger partial charge >= 0.3 is 6.18 Å². The molecule has 0 fully saturated rings. The number of nitrogens with two attached hydrogens (primary N) is 1. The zero-order valence-corrected chi connectivity index (χ0v) is 11.0. The number of hydrogen-bond acceptors (Lipinski definition) is 2. The summed E-state index contributed by atoms with van der Waals surface area (Å²) in [6.45, 7) is 0. The van der Waals surface area contributed by atoms with E-state index in [9.17, 15) is 18.3 Å². The quantitative estimate of drug-likeness (QED) is 0.892. The van der Waals surface area contributed by atoms with E-state index in [0.29, 0.717) is 5.56 Å². The fraction of sp³-hybridized carbons (Fsp3) is 0.400. The molecule has 0 amide bonds. The highest BCUT2D eigenvalue weighted by Gasteiger charge is 2.37. The van der Waals surface area contributed by atoms with Crippen molar-refractivity contribution in [2.75, 3.05) is 0 Å². The fourth-order valence-electron chi connectivity index (χ4n) is 1.20. The molecule has 98 valence electrons. The van der Waals surface area contributed by atoms with E-state index in [4.69, 9.17) is 5.73 Å². The van der Waals surface area contributed by atoms with Gasteiger partial charge in [0.05, 0.1) is 6.10 Å². The van der Waals surface area contributed by atoms with Gasteiger partial charge in [-0.05, 0) is 17.7 Å².